The second-order valence-corrected chi connectivity index (χ2v) is 5.40. The molecule has 2 N–H and O–H groups in total. The molecule has 2 aromatic rings. The van der Waals surface area contributed by atoms with E-state index in [-0.39, 0.29) is 24.0 Å². The van der Waals surface area contributed by atoms with Gasteiger partial charge in [-0.1, -0.05) is 42.5 Å². The van der Waals surface area contributed by atoms with Crippen LogP contribution in [-0.2, 0) is 13.0 Å². The highest BCUT2D eigenvalue weighted by Gasteiger charge is 2.04. The van der Waals surface area contributed by atoms with Crippen LogP contribution < -0.4 is 15.4 Å². The van der Waals surface area contributed by atoms with Crippen LogP contribution in [0.4, 0.5) is 0 Å². The van der Waals surface area contributed by atoms with E-state index in [4.69, 9.17) is 4.74 Å². The number of guanidine groups is 1. The predicted octanol–water partition coefficient (Wildman–Crippen LogP) is 3.53. The third-order valence-electron chi connectivity index (χ3n) is 3.66. The number of rotatable bonds is 6. The number of benzene rings is 2. The molecule has 130 valence electrons. The van der Waals surface area contributed by atoms with Gasteiger partial charge in [0, 0.05) is 25.7 Å². The van der Waals surface area contributed by atoms with Gasteiger partial charge >= 0.3 is 0 Å². The van der Waals surface area contributed by atoms with Crippen LogP contribution in [0.15, 0.2) is 53.5 Å². The minimum absolute atomic E-state index is 0. The number of hydrogen-bond acceptors (Lipinski definition) is 2. The smallest absolute Gasteiger partial charge is 0.191 e. The number of hydrogen-bond donors (Lipinski definition) is 2. The van der Waals surface area contributed by atoms with Gasteiger partial charge in [-0.2, -0.15) is 0 Å². The largest absolute Gasteiger partial charge is 0.496 e. The zero-order chi connectivity index (χ0) is 16.5. The first-order chi connectivity index (χ1) is 11.2. The molecule has 0 amide bonds. The lowest BCUT2D eigenvalue weighted by Crippen LogP contribution is -2.37. The number of aliphatic imine (C=N–C) groups is 1. The SMILES string of the molecule is CN=C(NCCc1ccccc1)NCc1ccc(C)cc1OC.I. The molecule has 2 rings (SSSR count). The minimum atomic E-state index is 0. The van der Waals surface area contributed by atoms with Gasteiger partial charge in [-0.15, -0.1) is 24.0 Å². The molecule has 5 heteroatoms. The number of ether oxygens (including phenoxy) is 1. The Kier molecular flexibility index (Phi) is 9.22. The fourth-order valence-electron chi connectivity index (χ4n) is 2.37. The van der Waals surface area contributed by atoms with E-state index in [9.17, 15) is 0 Å². The lowest BCUT2D eigenvalue weighted by molar-refractivity contribution is 0.408. The highest BCUT2D eigenvalue weighted by Crippen LogP contribution is 2.19. The Labute approximate surface area is 161 Å². The highest BCUT2D eigenvalue weighted by atomic mass is 127. The maximum Gasteiger partial charge on any atom is 0.191 e. The molecule has 0 unspecified atom stereocenters. The first kappa shape index (κ1) is 20.3. The zero-order valence-electron chi connectivity index (χ0n) is 14.5. The van der Waals surface area contributed by atoms with E-state index in [2.05, 4.69) is 58.9 Å². The maximum atomic E-state index is 5.43. The molecule has 0 radical (unpaired) electrons. The normalized spacial score (nSPS) is 10.7. The van der Waals surface area contributed by atoms with Crippen molar-refractivity contribution in [1.29, 1.82) is 0 Å². The van der Waals surface area contributed by atoms with Crippen LogP contribution in [0.1, 0.15) is 16.7 Å². The van der Waals surface area contributed by atoms with E-state index in [1.807, 2.05) is 12.1 Å². The lowest BCUT2D eigenvalue weighted by Gasteiger charge is -2.14. The Bertz CT molecular complexity index is 644. The highest BCUT2D eigenvalue weighted by molar-refractivity contribution is 14.0. The number of nitrogens with zero attached hydrogens (tertiary/aromatic N) is 1. The van der Waals surface area contributed by atoms with E-state index in [1.54, 1.807) is 14.2 Å². The Morgan fingerprint density at radius 2 is 1.83 bits per heavy atom. The summed E-state index contributed by atoms with van der Waals surface area (Å²) >= 11 is 0. The standard InChI is InChI=1S/C19H25N3O.HI/c1-15-9-10-17(18(13-15)23-3)14-22-19(20-2)21-12-11-16-7-5-4-6-8-16;/h4-10,13H,11-12,14H2,1-3H3,(H2,20,21,22);1H. The fourth-order valence-corrected chi connectivity index (χ4v) is 2.37. The van der Waals surface area contributed by atoms with Crippen molar-refractivity contribution in [2.24, 2.45) is 4.99 Å². The molecule has 2 aromatic carbocycles. The molecule has 0 aliphatic rings. The molecule has 0 heterocycles. The van der Waals surface area contributed by atoms with Crippen molar-refractivity contribution in [3.8, 4) is 5.75 Å². The van der Waals surface area contributed by atoms with Crippen molar-refractivity contribution in [1.82, 2.24) is 10.6 Å². The van der Waals surface area contributed by atoms with Gasteiger partial charge in [-0.25, -0.2) is 0 Å². The second kappa shape index (κ2) is 10.9. The summed E-state index contributed by atoms with van der Waals surface area (Å²) < 4.78 is 5.43. The van der Waals surface area contributed by atoms with E-state index in [1.165, 1.54) is 11.1 Å². The van der Waals surface area contributed by atoms with Crippen LogP contribution in [0.25, 0.3) is 0 Å². The molecule has 0 spiro atoms. The molecule has 24 heavy (non-hydrogen) atoms. The summed E-state index contributed by atoms with van der Waals surface area (Å²) in [5.41, 5.74) is 3.62. The van der Waals surface area contributed by atoms with Gasteiger partial charge in [0.2, 0.25) is 0 Å². The third kappa shape index (κ3) is 6.39. The molecule has 0 atom stereocenters. The molecule has 0 fully saturated rings. The quantitative estimate of drug-likeness (QED) is 0.411. The van der Waals surface area contributed by atoms with Gasteiger partial charge in [0.1, 0.15) is 5.75 Å². The molecular weight excluding hydrogens is 413 g/mol. The Balaban J connectivity index is 0.00000288. The van der Waals surface area contributed by atoms with Crippen LogP contribution in [0.3, 0.4) is 0 Å². The number of aryl methyl sites for hydroxylation is 1. The summed E-state index contributed by atoms with van der Waals surface area (Å²) in [6, 6.07) is 16.6. The van der Waals surface area contributed by atoms with Crippen LogP contribution in [0.5, 0.6) is 5.75 Å². The first-order valence-electron chi connectivity index (χ1n) is 7.85. The summed E-state index contributed by atoms with van der Waals surface area (Å²) in [5, 5.41) is 6.66. The average molecular weight is 439 g/mol. The molecule has 0 aromatic heterocycles. The molecular formula is C19H26IN3O. The summed E-state index contributed by atoms with van der Waals surface area (Å²) in [6.07, 6.45) is 0.968. The van der Waals surface area contributed by atoms with Crippen molar-refractivity contribution in [3.05, 3.63) is 65.2 Å². The van der Waals surface area contributed by atoms with Crippen molar-refractivity contribution < 1.29 is 4.74 Å². The first-order valence-corrected chi connectivity index (χ1v) is 7.85. The van der Waals surface area contributed by atoms with Crippen LogP contribution in [0, 0.1) is 6.92 Å². The number of halogens is 1. The van der Waals surface area contributed by atoms with Gasteiger partial charge < -0.3 is 15.4 Å². The van der Waals surface area contributed by atoms with E-state index >= 15 is 0 Å². The molecule has 0 saturated heterocycles. The second-order valence-electron chi connectivity index (χ2n) is 5.40. The summed E-state index contributed by atoms with van der Waals surface area (Å²) in [7, 11) is 3.48. The van der Waals surface area contributed by atoms with E-state index in [0.29, 0.717) is 6.54 Å². The Morgan fingerprint density at radius 1 is 1.08 bits per heavy atom. The molecule has 0 saturated carbocycles. The fraction of sp³-hybridized carbons (Fsp3) is 0.316. The van der Waals surface area contributed by atoms with Gasteiger partial charge in [-0.3, -0.25) is 4.99 Å². The van der Waals surface area contributed by atoms with Crippen molar-refractivity contribution >= 4 is 29.9 Å². The molecule has 0 aliphatic carbocycles. The lowest BCUT2D eigenvalue weighted by atomic mass is 10.1. The van der Waals surface area contributed by atoms with Gasteiger partial charge in [-0.05, 0) is 30.5 Å². The van der Waals surface area contributed by atoms with Crippen LogP contribution in [0.2, 0.25) is 0 Å². The zero-order valence-corrected chi connectivity index (χ0v) is 16.8. The molecule has 0 aliphatic heterocycles. The third-order valence-corrected chi connectivity index (χ3v) is 3.66. The van der Waals surface area contributed by atoms with Gasteiger partial charge in [0.05, 0.1) is 7.11 Å². The van der Waals surface area contributed by atoms with Crippen molar-refractivity contribution in [2.45, 2.75) is 19.9 Å². The summed E-state index contributed by atoms with van der Waals surface area (Å²) in [4.78, 5) is 4.26. The maximum absolute atomic E-state index is 5.43. The number of nitrogens with one attached hydrogen (secondary N) is 2. The molecule has 0 bridgehead atoms. The summed E-state index contributed by atoms with van der Waals surface area (Å²) in [6.45, 7) is 3.58. The minimum Gasteiger partial charge on any atom is -0.496 e. The van der Waals surface area contributed by atoms with Gasteiger partial charge in [0.25, 0.3) is 0 Å². The predicted molar refractivity (Wildman–Crippen MR) is 111 cm³/mol. The van der Waals surface area contributed by atoms with Crippen molar-refractivity contribution in [2.75, 3.05) is 20.7 Å². The summed E-state index contributed by atoms with van der Waals surface area (Å²) in [5.74, 6) is 1.70. The van der Waals surface area contributed by atoms with E-state index < -0.39 is 0 Å². The monoisotopic (exact) mass is 439 g/mol. The Hall–Kier alpha value is -1.76. The van der Waals surface area contributed by atoms with Crippen LogP contribution in [-0.4, -0.2) is 26.7 Å². The van der Waals surface area contributed by atoms with Crippen LogP contribution >= 0.6 is 24.0 Å². The van der Waals surface area contributed by atoms with Gasteiger partial charge in [0.15, 0.2) is 5.96 Å². The molecule has 4 nitrogen and oxygen atoms in total. The number of methoxy groups -OCH3 is 1. The Morgan fingerprint density at radius 3 is 2.50 bits per heavy atom. The average Bonchev–Trinajstić information content (AvgIpc) is 2.59. The van der Waals surface area contributed by atoms with Crippen molar-refractivity contribution in [3.63, 3.8) is 0 Å². The van der Waals surface area contributed by atoms with E-state index in [0.717, 1.165) is 30.2 Å². The topological polar surface area (TPSA) is 45.7 Å².